The minimum atomic E-state index is -0.0450. The molecule has 24 heavy (non-hydrogen) atoms. The van der Waals surface area contributed by atoms with Gasteiger partial charge in [-0.05, 0) is 24.6 Å². The molecule has 126 valence electrons. The van der Waals surface area contributed by atoms with Gasteiger partial charge in [0.05, 0.1) is 0 Å². The first-order chi connectivity index (χ1) is 11.8. The lowest BCUT2D eigenvalue weighted by atomic mass is 10.1. The van der Waals surface area contributed by atoms with Gasteiger partial charge in [-0.2, -0.15) is 5.10 Å². The van der Waals surface area contributed by atoms with Crippen molar-refractivity contribution in [1.29, 1.82) is 0 Å². The number of nitrogens with zero attached hydrogens (tertiary/aromatic N) is 2. The Bertz CT molecular complexity index is 771. The van der Waals surface area contributed by atoms with Crippen LogP contribution < -0.4 is 14.8 Å². The van der Waals surface area contributed by atoms with E-state index in [0.29, 0.717) is 25.3 Å². The van der Waals surface area contributed by atoms with Crippen molar-refractivity contribution in [2.24, 2.45) is 0 Å². The molecule has 0 atom stereocenters. The largest absolute Gasteiger partial charge is 0.454 e. The Morgan fingerprint density at radius 1 is 1.33 bits per heavy atom. The molecule has 7 heteroatoms. The molecule has 0 fully saturated rings. The third-order valence-electron chi connectivity index (χ3n) is 4.49. The van der Waals surface area contributed by atoms with Crippen molar-refractivity contribution in [3.05, 3.63) is 40.7 Å². The molecule has 2 aliphatic heterocycles. The number of ether oxygens (including phenoxy) is 2. The molecular weight excluding hydrogens is 308 g/mol. The van der Waals surface area contributed by atoms with E-state index >= 15 is 0 Å². The van der Waals surface area contributed by atoms with E-state index in [2.05, 4.69) is 15.5 Å². The number of nitrogens with one attached hydrogen (secondary N) is 2. The molecule has 0 radical (unpaired) electrons. The lowest BCUT2D eigenvalue weighted by Gasteiger charge is -2.21. The van der Waals surface area contributed by atoms with Crippen molar-refractivity contribution < 1.29 is 14.3 Å². The van der Waals surface area contributed by atoms with Gasteiger partial charge < -0.3 is 19.7 Å². The first-order valence-corrected chi connectivity index (χ1v) is 8.21. The second-order valence-corrected chi connectivity index (χ2v) is 5.96. The van der Waals surface area contributed by atoms with Crippen LogP contribution in [-0.2, 0) is 19.5 Å². The van der Waals surface area contributed by atoms with E-state index in [1.165, 1.54) is 0 Å². The van der Waals surface area contributed by atoms with Gasteiger partial charge in [-0.15, -0.1) is 0 Å². The van der Waals surface area contributed by atoms with Crippen molar-refractivity contribution in [3.63, 3.8) is 0 Å². The van der Waals surface area contributed by atoms with E-state index in [4.69, 9.17) is 9.47 Å². The van der Waals surface area contributed by atoms with E-state index in [1.54, 1.807) is 4.90 Å². The molecule has 2 aromatic rings. The topological polar surface area (TPSA) is 79.5 Å². The Labute approximate surface area is 139 Å². The number of benzene rings is 1. The van der Waals surface area contributed by atoms with Crippen LogP contribution in [0, 0.1) is 0 Å². The SMILES string of the molecule is CCN(Cc1ccc2c(c1)OCO2)C(=O)c1n[nH]c2c1CNCC2. The standard InChI is InChI=1S/C17H20N4O3/c1-2-21(9-11-3-4-14-15(7-11)24-10-23-14)17(22)16-12-8-18-6-5-13(12)19-20-16/h3-4,7,18H,2,5-6,8-10H2,1H3,(H,19,20). The molecule has 0 bridgehead atoms. The Hall–Kier alpha value is -2.54. The average molecular weight is 328 g/mol. The van der Waals surface area contributed by atoms with Crippen molar-refractivity contribution in [1.82, 2.24) is 20.4 Å². The zero-order chi connectivity index (χ0) is 16.5. The molecule has 0 spiro atoms. The number of rotatable bonds is 4. The highest BCUT2D eigenvalue weighted by molar-refractivity contribution is 5.94. The van der Waals surface area contributed by atoms with Crippen LogP contribution in [0.4, 0.5) is 0 Å². The van der Waals surface area contributed by atoms with Gasteiger partial charge in [0.2, 0.25) is 6.79 Å². The van der Waals surface area contributed by atoms with Crippen LogP contribution >= 0.6 is 0 Å². The summed E-state index contributed by atoms with van der Waals surface area (Å²) in [5, 5.41) is 10.6. The van der Waals surface area contributed by atoms with Crippen LogP contribution in [0.15, 0.2) is 18.2 Å². The van der Waals surface area contributed by atoms with Gasteiger partial charge in [0.25, 0.3) is 5.91 Å². The van der Waals surface area contributed by atoms with Crippen LogP contribution in [-0.4, -0.2) is 40.9 Å². The normalized spacial score (nSPS) is 15.2. The highest BCUT2D eigenvalue weighted by Gasteiger charge is 2.25. The molecule has 0 saturated carbocycles. The lowest BCUT2D eigenvalue weighted by Crippen LogP contribution is -2.32. The minimum absolute atomic E-state index is 0.0450. The van der Waals surface area contributed by atoms with E-state index < -0.39 is 0 Å². The first-order valence-electron chi connectivity index (χ1n) is 8.21. The summed E-state index contributed by atoms with van der Waals surface area (Å²) in [5.74, 6) is 1.44. The van der Waals surface area contributed by atoms with Gasteiger partial charge >= 0.3 is 0 Å². The number of aromatic nitrogens is 2. The summed E-state index contributed by atoms with van der Waals surface area (Å²) >= 11 is 0. The quantitative estimate of drug-likeness (QED) is 0.888. The molecule has 0 unspecified atom stereocenters. The number of aromatic amines is 1. The molecule has 2 aliphatic rings. The maximum Gasteiger partial charge on any atom is 0.274 e. The van der Waals surface area contributed by atoms with Crippen molar-refractivity contribution in [3.8, 4) is 11.5 Å². The molecule has 0 aliphatic carbocycles. The minimum Gasteiger partial charge on any atom is -0.454 e. The van der Waals surface area contributed by atoms with E-state index in [0.717, 1.165) is 41.3 Å². The first kappa shape index (κ1) is 15.0. The fourth-order valence-corrected chi connectivity index (χ4v) is 3.14. The third-order valence-corrected chi connectivity index (χ3v) is 4.49. The molecular formula is C17H20N4O3. The molecule has 4 rings (SSSR count). The summed E-state index contributed by atoms with van der Waals surface area (Å²) in [6.07, 6.45) is 0.879. The van der Waals surface area contributed by atoms with E-state index in [-0.39, 0.29) is 12.7 Å². The second kappa shape index (κ2) is 6.16. The molecule has 7 nitrogen and oxygen atoms in total. The Balaban J connectivity index is 1.55. The van der Waals surface area contributed by atoms with Gasteiger partial charge in [0, 0.05) is 43.9 Å². The maximum absolute atomic E-state index is 12.9. The summed E-state index contributed by atoms with van der Waals surface area (Å²) in [6.45, 7) is 4.96. The van der Waals surface area contributed by atoms with Crippen LogP contribution in [0.25, 0.3) is 0 Å². The molecule has 1 aromatic carbocycles. The fourth-order valence-electron chi connectivity index (χ4n) is 3.14. The summed E-state index contributed by atoms with van der Waals surface area (Å²) in [4.78, 5) is 14.7. The maximum atomic E-state index is 12.9. The van der Waals surface area contributed by atoms with Crippen LogP contribution in [0.1, 0.15) is 34.2 Å². The summed E-state index contributed by atoms with van der Waals surface area (Å²) in [5.41, 5.74) is 3.60. The second-order valence-electron chi connectivity index (χ2n) is 5.96. The van der Waals surface area contributed by atoms with Gasteiger partial charge in [-0.25, -0.2) is 0 Å². The van der Waals surface area contributed by atoms with E-state index in [9.17, 15) is 4.79 Å². The summed E-state index contributed by atoms with van der Waals surface area (Å²) < 4.78 is 10.7. The summed E-state index contributed by atoms with van der Waals surface area (Å²) in [6, 6.07) is 5.78. The monoisotopic (exact) mass is 328 g/mol. The van der Waals surface area contributed by atoms with Crippen LogP contribution in [0.5, 0.6) is 11.5 Å². The third kappa shape index (κ3) is 2.60. The predicted molar refractivity (Wildman–Crippen MR) is 87.0 cm³/mol. The van der Waals surface area contributed by atoms with Crippen molar-refractivity contribution >= 4 is 5.91 Å². The van der Waals surface area contributed by atoms with Crippen molar-refractivity contribution in [2.45, 2.75) is 26.4 Å². The van der Waals surface area contributed by atoms with Gasteiger partial charge in [-0.3, -0.25) is 9.89 Å². The molecule has 2 N–H and O–H groups in total. The Morgan fingerprint density at radius 2 is 2.21 bits per heavy atom. The average Bonchev–Trinajstić information content (AvgIpc) is 3.25. The van der Waals surface area contributed by atoms with Gasteiger partial charge in [-0.1, -0.05) is 6.07 Å². The Morgan fingerprint density at radius 3 is 3.08 bits per heavy atom. The molecule has 1 aromatic heterocycles. The van der Waals surface area contributed by atoms with Gasteiger partial charge in [0.15, 0.2) is 17.2 Å². The van der Waals surface area contributed by atoms with E-state index in [1.807, 2.05) is 25.1 Å². The number of carbonyl (C=O) groups is 1. The number of H-pyrrole nitrogens is 1. The smallest absolute Gasteiger partial charge is 0.274 e. The number of hydrogen-bond donors (Lipinski definition) is 2. The number of amides is 1. The predicted octanol–water partition coefficient (Wildman–Crippen LogP) is 1.45. The molecule has 0 saturated heterocycles. The molecule has 3 heterocycles. The number of fused-ring (bicyclic) bond motifs is 2. The lowest BCUT2D eigenvalue weighted by molar-refractivity contribution is 0.0745. The highest BCUT2D eigenvalue weighted by Crippen LogP contribution is 2.33. The fraction of sp³-hybridized carbons (Fsp3) is 0.412. The Kier molecular flexibility index (Phi) is 3.86. The number of hydrogen-bond acceptors (Lipinski definition) is 5. The van der Waals surface area contributed by atoms with Crippen LogP contribution in [0.3, 0.4) is 0 Å². The highest BCUT2D eigenvalue weighted by atomic mass is 16.7. The number of carbonyl (C=O) groups excluding carboxylic acids is 1. The van der Waals surface area contributed by atoms with Crippen molar-refractivity contribution in [2.75, 3.05) is 19.9 Å². The van der Waals surface area contributed by atoms with Gasteiger partial charge in [0.1, 0.15) is 0 Å². The molecule has 1 amide bonds. The zero-order valence-electron chi connectivity index (χ0n) is 13.6. The summed E-state index contributed by atoms with van der Waals surface area (Å²) in [7, 11) is 0. The van der Waals surface area contributed by atoms with Crippen LogP contribution in [0.2, 0.25) is 0 Å². The zero-order valence-corrected chi connectivity index (χ0v) is 13.6.